The molecule has 90 valence electrons. The molecule has 1 aromatic carbocycles. The lowest BCUT2D eigenvalue weighted by molar-refractivity contribution is 0.475. The highest BCUT2D eigenvalue weighted by Crippen LogP contribution is 2.28. The Balaban J connectivity index is 2.20. The van der Waals surface area contributed by atoms with E-state index in [9.17, 15) is 0 Å². The van der Waals surface area contributed by atoms with E-state index in [0.717, 1.165) is 0 Å². The summed E-state index contributed by atoms with van der Waals surface area (Å²) >= 11 is 7.38. The zero-order chi connectivity index (χ0) is 13.0. The van der Waals surface area contributed by atoms with Crippen molar-refractivity contribution in [1.82, 2.24) is 9.97 Å². The van der Waals surface area contributed by atoms with E-state index in [1.165, 1.54) is 18.0 Å². The van der Waals surface area contributed by atoms with Gasteiger partial charge in [-0.3, -0.25) is 0 Å². The highest BCUT2D eigenvalue weighted by atomic mass is 35.5. The van der Waals surface area contributed by atoms with Crippen molar-refractivity contribution in [2.75, 3.05) is 6.26 Å². The van der Waals surface area contributed by atoms with Crippen LogP contribution in [0, 0.1) is 11.3 Å². The smallest absolute Gasteiger partial charge is 0.188 e. The third-order valence-electron chi connectivity index (χ3n) is 2.08. The number of hydrogen-bond acceptors (Lipinski definition) is 5. The van der Waals surface area contributed by atoms with Crippen LogP contribution in [0.15, 0.2) is 35.6 Å². The van der Waals surface area contributed by atoms with Crippen molar-refractivity contribution in [1.29, 1.82) is 5.26 Å². The number of rotatable bonds is 3. The minimum absolute atomic E-state index is 0.263. The molecule has 0 aliphatic heterocycles. The van der Waals surface area contributed by atoms with Crippen molar-refractivity contribution in [3.05, 3.63) is 41.2 Å². The fourth-order valence-corrected chi connectivity index (χ4v) is 1.78. The fraction of sp³-hybridized carbons (Fsp3) is 0.0833. The van der Waals surface area contributed by atoms with E-state index >= 15 is 0 Å². The molecule has 0 saturated carbocycles. The minimum atomic E-state index is 0.263. The van der Waals surface area contributed by atoms with E-state index in [1.54, 1.807) is 24.3 Å². The first-order valence-corrected chi connectivity index (χ1v) is 6.57. The van der Waals surface area contributed by atoms with Gasteiger partial charge < -0.3 is 4.74 Å². The molecule has 0 radical (unpaired) electrons. The lowest BCUT2D eigenvalue weighted by Gasteiger charge is -2.06. The van der Waals surface area contributed by atoms with E-state index in [2.05, 4.69) is 9.97 Å². The summed E-state index contributed by atoms with van der Waals surface area (Å²) in [5.74, 6) is 0.968. The Hall–Kier alpha value is -1.77. The Morgan fingerprint density at radius 1 is 1.33 bits per heavy atom. The molecule has 1 heterocycles. The Morgan fingerprint density at radius 3 is 2.61 bits per heavy atom. The Kier molecular flexibility index (Phi) is 4.03. The molecule has 0 saturated heterocycles. The zero-order valence-corrected chi connectivity index (χ0v) is 11.0. The predicted octanol–water partition coefficient (Wildman–Crippen LogP) is 3.52. The van der Waals surface area contributed by atoms with Crippen LogP contribution in [0.2, 0.25) is 5.15 Å². The first kappa shape index (κ1) is 12.7. The van der Waals surface area contributed by atoms with E-state index in [0.29, 0.717) is 22.2 Å². The molecule has 4 nitrogen and oxygen atoms in total. The van der Waals surface area contributed by atoms with Crippen molar-refractivity contribution in [2.24, 2.45) is 0 Å². The van der Waals surface area contributed by atoms with E-state index in [-0.39, 0.29) is 5.15 Å². The van der Waals surface area contributed by atoms with Gasteiger partial charge in [0.05, 0.1) is 17.8 Å². The molecule has 0 fully saturated rings. The molecule has 2 aromatic rings. The zero-order valence-electron chi connectivity index (χ0n) is 9.42. The molecule has 0 N–H and O–H groups in total. The lowest BCUT2D eigenvalue weighted by atomic mass is 10.2. The molecule has 0 bridgehead atoms. The van der Waals surface area contributed by atoms with Gasteiger partial charge in [0, 0.05) is 0 Å². The summed E-state index contributed by atoms with van der Waals surface area (Å²) in [6, 6.07) is 8.75. The van der Waals surface area contributed by atoms with Gasteiger partial charge in [-0.15, -0.1) is 0 Å². The molecule has 1 aromatic heterocycles. The Morgan fingerprint density at radius 2 is 2.06 bits per heavy atom. The second-order valence-electron chi connectivity index (χ2n) is 3.25. The number of halogens is 1. The van der Waals surface area contributed by atoms with Crippen molar-refractivity contribution < 1.29 is 4.74 Å². The van der Waals surface area contributed by atoms with Gasteiger partial charge in [0.15, 0.2) is 16.1 Å². The molecule has 0 amide bonds. The molecule has 0 unspecified atom stereocenters. The Labute approximate surface area is 114 Å². The van der Waals surface area contributed by atoms with Gasteiger partial charge in [-0.25, -0.2) is 9.97 Å². The van der Waals surface area contributed by atoms with Crippen molar-refractivity contribution >= 4 is 23.4 Å². The summed E-state index contributed by atoms with van der Waals surface area (Å²) in [6.07, 6.45) is 3.40. The molecule has 0 spiro atoms. The molecule has 18 heavy (non-hydrogen) atoms. The topological polar surface area (TPSA) is 58.8 Å². The van der Waals surface area contributed by atoms with E-state index < -0.39 is 0 Å². The molecule has 0 atom stereocenters. The maximum atomic E-state index is 8.69. The molecular weight excluding hydrogens is 270 g/mol. The van der Waals surface area contributed by atoms with E-state index in [4.69, 9.17) is 21.6 Å². The van der Waals surface area contributed by atoms with Gasteiger partial charge in [0.2, 0.25) is 0 Å². The van der Waals surface area contributed by atoms with Crippen LogP contribution < -0.4 is 4.74 Å². The number of nitrogens with zero attached hydrogens (tertiary/aromatic N) is 3. The number of ether oxygens (including phenoxy) is 1. The summed E-state index contributed by atoms with van der Waals surface area (Å²) < 4.78 is 5.53. The van der Waals surface area contributed by atoms with Crippen molar-refractivity contribution in [3.8, 4) is 17.6 Å². The highest BCUT2D eigenvalue weighted by Gasteiger charge is 2.07. The number of thioether (sulfide) groups is 1. The van der Waals surface area contributed by atoms with Gasteiger partial charge in [0.1, 0.15) is 5.75 Å². The second kappa shape index (κ2) is 5.71. The minimum Gasteiger partial charge on any atom is -0.452 e. The van der Waals surface area contributed by atoms with E-state index in [1.807, 2.05) is 12.3 Å². The van der Waals surface area contributed by atoms with Crippen LogP contribution in [-0.2, 0) is 0 Å². The number of hydrogen-bond donors (Lipinski definition) is 0. The SMILES string of the molecule is CSc1ncc(Oc2ccc(C#N)cc2)c(Cl)n1. The standard InChI is InChI=1S/C12H8ClN3OS/c1-18-12-15-7-10(11(13)16-12)17-9-4-2-8(6-14)3-5-9/h2-5,7H,1H3. The van der Waals surface area contributed by atoms with Gasteiger partial charge >= 0.3 is 0 Å². The maximum Gasteiger partial charge on any atom is 0.188 e. The average Bonchev–Trinajstić information content (AvgIpc) is 2.42. The summed E-state index contributed by atoms with van der Waals surface area (Å²) in [5, 5.41) is 9.54. The number of aromatic nitrogens is 2. The third-order valence-corrected chi connectivity index (χ3v) is 2.92. The van der Waals surface area contributed by atoms with Gasteiger partial charge in [-0.05, 0) is 30.5 Å². The average molecular weight is 278 g/mol. The summed E-state index contributed by atoms with van der Waals surface area (Å²) in [6.45, 7) is 0. The highest BCUT2D eigenvalue weighted by molar-refractivity contribution is 7.98. The summed E-state index contributed by atoms with van der Waals surface area (Å²) in [7, 11) is 0. The quantitative estimate of drug-likeness (QED) is 0.488. The van der Waals surface area contributed by atoms with Gasteiger partial charge in [-0.2, -0.15) is 5.26 Å². The lowest BCUT2D eigenvalue weighted by Crippen LogP contribution is -1.91. The maximum absolute atomic E-state index is 8.69. The normalized spacial score (nSPS) is 9.83. The fourth-order valence-electron chi connectivity index (χ4n) is 1.23. The molecular formula is C12H8ClN3OS. The van der Waals surface area contributed by atoms with Crippen LogP contribution in [0.1, 0.15) is 5.56 Å². The first-order chi connectivity index (χ1) is 8.72. The third kappa shape index (κ3) is 2.92. The monoisotopic (exact) mass is 277 g/mol. The van der Waals surface area contributed by atoms with Crippen molar-refractivity contribution in [2.45, 2.75) is 5.16 Å². The molecule has 0 aliphatic carbocycles. The van der Waals surface area contributed by atoms with Crippen LogP contribution in [0.5, 0.6) is 11.5 Å². The van der Waals surface area contributed by atoms with Gasteiger partial charge in [-0.1, -0.05) is 23.4 Å². The second-order valence-corrected chi connectivity index (χ2v) is 4.38. The van der Waals surface area contributed by atoms with Gasteiger partial charge in [0.25, 0.3) is 0 Å². The van der Waals surface area contributed by atoms with Crippen LogP contribution in [0.25, 0.3) is 0 Å². The molecule has 0 aliphatic rings. The summed E-state index contributed by atoms with van der Waals surface area (Å²) in [4.78, 5) is 8.14. The first-order valence-electron chi connectivity index (χ1n) is 4.97. The summed E-state index contributed by atoms with van der Waals surface area (Å²) in [5.41, 5.74) is 0.572. The largest absolute Gasteiger partial charge is 0.452 e. The number of nitriles is 1. The van der Waals surface area contributed by atoms with Crippen LogP contribution in [0.4, 0.5) is 0 Å². The Bertz CT molecular complexity index is 595. The van der Waals surface area contributed by atoms with Crippen molar-refractivity contribution in [3.63, 3.8) is 0 Å². The molecule has 2 rings (SSSR count). The van der Waals surface area contributed by atoms with Crippen LogP contribution in [-0.4, -0.2) is 16.2 Å². The molecule has 6 heteroatoms. The number of benzene rings is 1. The van der Waals surface area contributed by atoms with Crippen LogP contribution >= 0.6 is 23.4 Å². The predicted molar refractivity (Wildman–Crippen MR) is 70.1 cm³/mol. The van der Waals surface area contributed by atoms with Crippen LogP contribution in [0.3, 0.4) is 0 Å².